The summed E-state index contributed by atoms with van der Waals surface area (Å²) in [5, 5.41) is 8.56. The van der Waals surface area contributed by atoms with Gasteiger partial charge in [0.15, 0.2) is 0 Å². The van der Waals surface area contributed by atoms with E-state index >= 15 is 0 Å². The van der Waals surface area contributed by atoms with Crippen molar-refractivity contribution in [3.63, 3.8) is 0 Å². The molecule has 1 N–H and O–H groups in total. The second kappa shape index (κ2) is 7.37. The summed E-state index contributed by atoms with van der Waals surface area (Å²) in [6, 6.07) is 0. The summed E-state index contributed by atoms with van der Waals surface area (Å²) < 4.78 is 5.20. The van der Waals surface area contributed by atoms with Crippen LogP contribution in [0.2, 0.25) is 0 Å². The Morgan fingerprint density at radius 2 is 1.92 bits per heavy atom. The van der Waals surface area contributed by atoms with E-state index in [1.54, 1.807) is 7.11 Å². The van der Waals surface area contributed by atoms with Crippen LogP contribution < -0.4 is 0 Å². The topological polar surface area (TPSA) is 46.5 Å². The van der Waals surface area contributed by atoms with E-state index in [2.05, 4.69) is 0 Å². The molecule has 0 aromatic carbocycles. The molecule has 0 heterocycles. The van der Waals surface area contributed by atoms with Gasteiger partial charge in [-0.1, -0.05) is 0 Å². The standard InChI is InChI=1S/C9H16O3.K/c1-12-8-4-2-7(3-5-8)6-9(10)11;/h7-8H,2-6H2,1H3,(H,10,11);. The summed E-state index contributed by atoms with van der Waals surface area (Å²) in [5.41, 5.74) is 0. The van der Waals surface area contributed by atoms with Crippen LogP contribution in [-0.2, 0) is 9.53 Å². The average Bonchev–Trinajstić information content (AvgIpc) is 2.05. The number of methoxy groups -OCH3 is 1. The van der Waals surface area contributed by atoms with E-state index in [1.807, 2.05) is 0 Å². The average molecular weight is 211 g/mol. The van der Waals surface area contributed by atoms with E-state index in [0.29, 0.717) is 18.4 Å². The van der Waals surface area contributed by atoms with Crippen molar-refractivity contribution in [2.24, 2.45) is 5.92 Å². The summed E-state index contributed by atoms with van der Waals surface area (Å²) >= 11 is 0. The molecule has 1 aliphatic rings. The van der Waals surface area contributed by atoms with Crippen molar-refractivity contribution in [2.45, 2.75) is 38.2 Å². The SMILES string of the molecule is COC1CCC(CC(=O)O)CC1.[K]. The van der Waals surface area contributed by atoms with Gasteiger partial charge in [-0.3, -0.25) is 4.79 Å². The summed E-state index contributed by atoms with van der Waals surface area (Å²) in [4.78, 5) is 10.4. The maximum Gasteiger partial charge on any atom is 0.303 e. The van der Waals surface area contributed by atoms with E-state index in [1.165, 1.54) is 0 Å². The zero-order valence-electron chi connectivity index (χ0n) is 8.45. The Bertz CT molecular complexity index is 153. The number of carboxylic acids is 1. The van der Waals surface area contributed by atoms with E-state index in [0.717, 1.165) is 25.7 Å². The van der Waals surface area contributed by atoms with E-state index < -0.39 is 5.97 Å². The Kier molecular flexibility index (Phi) is 7.97. The van der Waals surface area contributed by atoms with Gasteiger partial charge in [0.1, 0.15) is 0 Å². The van der Waals surface area contributed by atoms with Gasteiger partial charge >= 0.3 is 5.97 Å². The monoisotopic (exact) mass is 211 g/mol. The molecule has 71 valence electrons. The first-order chi connectivity index (χ1) is 5.72. The van der Waals surface area contributed by atoms with Crippen LogP contribution in [0, 0.1) is 5.92 Å². The van der Waals surface area contributed by atoms with Gasteiger partial charge in [0, 0.05) is 64.9 Å². The minimum Gasteiger partial charge on any atom is -0.481 e. The van der Waals surface area contributed by atoms with Crippen molar-refractivity contribution in [1.29, 1.82) is 0 Å². The fraction of sp³-hybridized carbons (Fsp3) is 0.889. The van der Waals surface area contributed by atoms with Gasteiger partial charge in [-0.2, -0.15) is 0 Å². The number of aliphatic carboxylic acids is 1. The van der Waals surface area contributed by atoms with Crippen LogP contribution in [0.5, 0.6) is 0 Å². The third-order valence-corrected chi connectivity index (χ3v) is 2.59. The predicted octanol–water partition coefficient (Wildman–Crippen LogP) is 1.29. The molecule has 3 nitrogen and oxygen atoms in total. The number of ether oxygens (including phenoxy) is 1. The molecular formula is C9H16KO3. The van der Waals surface area contributed by atoms with Crippen LogP contribution in [0.1, 0.15) is 32.1 Å². The molecular weight excluding hydrogens is 195 g/mol. The summed E-state index contributed by atoms with van der Waals surface area (Å²) in [7, 11) is 1.72. The number of rotatable bonds is 3. The van der Waals surface area contributed by atoms with E-state index in [-0.39, 0.29) is 51.4 Å². The van der Waals surface area contributed by atoms with Crippen LogP contribution in [-0.4, -0.2) is 75.7 Å². The van der Waals surface area contributed by atoms with Gasteiger partial charge in [-0.25, -0.2) is 0 Å². The maximum atomic E-state index is 10.4. The van der Waals surface area contributed by atoms with Crippen molar-refractivity contribution in [1.82, 2.24) is 0 Å². The van der Waals surface area contributed by atoms with Crippen LogP contribution >= 0.6 is 0 Å². The van der Waals surface area contributed by atoms with Crippen molar-refractivity contribution >= 4 is 57.4 Å². The maximum absolute atomic E-state index is 10.4. The summed E-state index contributed by atoms with van der Waals surface area (Å²) in [6.45, 7) is 0. The number of carboxylic acid groups (broad SMARTS) is 1. The Hall–Kier alpha value is 1.07. The molecule has 0 bridgehead atoms. The first kappa shape index (κ1) is 14.1. The van der Waals surface area contributed by atoms with E-state index in [9.17, 15) is 4.79 Å². The predicted molar refractivity (Wildman–Crippen MR) is 50.8 cm³/mol. The molecule has 1 rings (SSSR count). The zero-order chi connectivity index (χ0) is 8.97. The molecule has 13 heavy (non-hydrogen) atoms. The van der Waals surface area contributed by atoms with Crippen molar-refractivity contribution in [3.8, 4) is 0 Å². The molecule has 0 aliphatic heterocycles. The number of hydrogen-bond acceptors (Lipinski definition) is 2. The van der Waals surface area contributed by atoms with Crippen molar-refractivity contribution in [2.75, 3.05) is 7.11 Å². The molecule has 1 radical (unpaired) electrons. The molecule has 1 aliphatic carbocycles. The zero-order valence-corrected chi connectivity index (χ0v) is 11.6. The fourth-order valence-electron chi connectivity index (χ4n) is 1.82. The number of hydrogen-bond donors (Lipinski definition) is 1. The quantitative estimate of drug-likeness (QED) is 0.715. The molecule has 4 heteroatoms. The molecule has 0 saturated heterocycles. The van der Waals surface area contributed by atoms with Gasteiger partial charge in [0.05, 0.1) is 6.10 Å². The van der Waals surface area contributed by atoms with Crippen LogP contribution in [0.3, 0.4) is 0 Å². The van der Waals surface area contributed by atoms with Gasteiger partial charge in [0.25, 0.3) is 0 Å². The Labute approximate surface area is 122 Å². The normalized spacial score (nSPS) is 27.8. The fourth-order valence-corrected chi connectivity index (χ4v) is 1.82. The first-order valence-corrected chi connectivity index (χ1v) is 4.47. The molecule has 1 fully saturated rings. The molecule has 0 amide bonds. The first-order valence-electron chi connectivity index (χ1n) is 4.47. The molecule has 0 spiro atoms. The molecule has 1 saturated carbocycles. The minimum absolute atomic E-state index is 0. The van der Waals surface area contributed by atoms with Crippen LogP contribution in [0.15, 0.2) is 0 Å². The van der Waals surface area contributed by atoms with Gasteiger partial charge in [0.2, 0.25) is 0 Å². The smallest absolute Gasteiger partial charge is 0.303 e. The summed E-state index contributed by atoms with van der Waals surface area (Å²) in [6.07, 6.45) is 4.75. The Balaban J connectivity index is 0.00000144. The third kappa shape index (κ3) is 5.49. The molecule has 0 atom stereocenters. The molecule has 0 unspecified atom stereocenters. The van der Waals surface area contributed by atoms with Gasteiger partial charge in [-0.05, 0) is 31.6 Å². The van der Waals surface area contributed by atoms with Gasteiger partial charge in [-0.15, -0.1) is 0 Å². The second-order valence-electron chi connectivity index (χ2n) is 3.48. The van der Waals surface area contributed by atoms with Crippen LogP contribution in [0.25, 0.3) is 0 Å². The largest absolute Gasteiger partial charge is 0.481 e. The third-order valence-electron chi connectivity index (χ3n) is 2.59. The molecule has 0 aromatic rings. The van der Waals surface area contributed by atoms with Crippen molar-refractivity contribution < 1.29 is 14.6 Å². The van der Waals surface area contributed by atoms with E-state index in [4.69, 9.17) is 9.84 Å². The van der Waals surface area contributed by atoms with Crippen LogP contribution in [0.4, 0.5) is 0 Å². The Morgan fingerprint density at radius 1 is 1.38 bits per heavy atom. The van der Waals surface area contributed by atoms with Crippen molar-refractivity contribution in [3.05, 3.63) is 0 Å². The second-order valence-corrected chi connectivity index (χ2v) is 3.48. The Morgan fingerprint density at radius 3 is 2.31 bits per heavy atom. The number of carbonyl (C=O) groups is 1. The molecule has 0 aromatic heterocycles. The minimum atomic E-state index is -0.670. The summed E-state index contributed by atoms with van der Waals surface area (Å²) in [5.74, 6) is -0.287. The van der Waals surface area contributed by atoms with Gasteiger partial charge < -0.3 is 9.84 Å².